The number of aliphatic hydroxyl groups excluding tert-OH is 1. The van der Waals surface area contributed by atoms with Gasteiger partial charge in [0.25, 0.3) is 0 Å². The lowest BCUT2D eigenvalue weighted by molar-refractivity contribution is 0.201. The maximum atomic E-state index is 8.91. The first-order valence-electron chi connectivity index (χ1n) is 3.86. The normalized spacial score (nSPS) is 11.5. The smallest absolute Gasteiger partial charge is 0.0621 e. The SMILES string of the molecule is C[C@H](O)CC#Cc1cccnc1. The van der Waals surface area contributed by atoms with Crippen molar-refractivity contribution >= 4 is 0 Å². The standard InChI is InChI=1S/C10H11NO/c1-9(12)4-2-5-10-6-3-7-11-8-10/h3,6-9,12H,4H2,1H3/t9-/m0/s1. The van der Waals surface area contributed by atoms with E-state index >= 15 is 0 Å². The highest BCUT2D eigenvalue weighted by Crippen LogP contribution is 1.92. The van der Waals surface area contributed by atoms with E-state index in [4.69, 9.17) is 5.11 Å². The monoisotopic (exact) mass is 161 g/mol. The molecule has 0 spiro atoms. The van der Waals surface area contributed by atoms with E-state index in [1.54, 1.807) is 19.3 Å². The van der Waals surface area contributed by atoms with Crippen LogP contribution in [-0.4, -0.2) is 16.2 Å². The second-order valence-corrected chi connectivity index (χ2v) is 2.60. The van der Waals surface area contributed by atoms with Crippen LogP contribution < -0.4 is 0 Å². The third-order valence-corrected chi connectivity index (χ3v) is 1.29. The van der Waals surface area contributed by atoms with Crippen LogP contribution in [0.5, 0.6) is 0 Å². The molecule has 0 aliphatic rings. The molecule has 0 fully saturated rings. The molecule has 2 nitrogen and oxygen atoms in total. The highest BCUT2D eigenvalue weighted by Gasteiger charge is 1.88. The van der Waals surface area contributed by atoms with E-state index in [0.29, 0.717) is 6.42 Å². The maximum absolute atomic E-state index is 8.91. The van der Waals surface area contributed by atoms with Gasteiger partial charge in [-0.1, -0.05) is 11.8 Å². The van der Waals surface area contributed by atoms with Gasteiger partial charge in [0.05, 0.1) is 6.10 Å². The van der Waals surface area contributed by atoms with E-state index < -0.39 is 0 Å². The summed E-state index contributed by atoms with van der Waals surface area (Å²) in [6, 6.07) is 3.73. The Morgan fingerprint density at radius 3 is 3.08 bits per heavy atom. The Morgan fingerprint density at radius 1 is 1.67 bits per heavy atom. The predicted molar refractivity (Wildman–Crippen MR) is 47.4 cm³/mol. The molecule has 12 heavy (non-hydrogen) atoms. The largest absolute Gasteiger partial charge is 0.392 e. The fourth-order valence-electron chi connectivity index (χ4n) is 0.737. The molecular weight excluding hydrogens is 150 g/mol. The zero-order valence-corrected chi connectivity index (χ0v) is 6.99. The summed E-state index contributed by atoms with van der Waals surface area (Å²) < 4.78 is 0. The molecule has 1 rings (SSSR count). The van der Waals surface area contributed by atoms with Crippen molar-refractivity contribution in [2.45, 2.75) is 19.4 Å². The zero-order valence-electron chi connectivity index (χ0n) is 6.99. The molecule has 0 saturated heterocycles. The fraction of sp³-hybridized carbons (Fsp3) is 0.300. The minimum Gasteiger partial charge on any atom is -0.392 e. The third kappa shape index (κ3) is 3.18. The summed E-state index contributed by atoms with van der Waals surface area (Å²) in [6.45, 7) is 1.72. The number of hydrogen-bond acceptors (Lipinski definition) is 2. The van der Waals surface area contributed by atoms with Gasteiger partial charge in [-0.25, -0.2) is 0 Å². The van der Waals surface area contributed by atoms with E-state index in [1.165, 1.54) is 0 Å². The Labute approximate surface area is 72.3 Å². The fourth-order valence-corrected chi connectivity index (χ4v) is 0.737. The van der Waals surface area contributed by atoms with Crippen molar-refractivity contribution in [1.29, 1.82) is 0 Å². The second kappa shape index (κ2) is 4.53. The summed E-state index contributed by atoms with van der Waals surface area (Å²) in [6.07, 6.45) is 3.57. The van der Waals surface area contributed by atoms with Gasteiger partial charge in [-0.05, 0) is 19.1 Å². The molecule has 0 aliphatic heterocycles. The summed E-state index contributed by atoms with van der Waals surface area (Å²) in [5, 5.41) is 8.91. The van der Waals surface area contributed by atoms with Gasteiger partial charge in [-0.3, -0.25) is 4.98 Å². The summed E-state index contributed by atoms with van der Waals surface area (Å²) in [7, 11) is 0. The number of rotatable bonds is 1. The molecule has 1 heterocycles. The number of aliphatic hydroxyl groups is 1. The summed E-state index contributed by atoms with van der Waals surface area (Å²) >= 11 is 0. The molecule has 0 aromatic carbocycles. The molecule has 0 bridgehead atoms. The first kappa shape index (κ1) is 8.76. The molecule has 1 N–H and O–H groups in total. The van der Waals surface area contributed by atoms with E-state index in [1.807, 2.05) is 12.1 Å². The molecular formula is C10H11NO. The van der Waals surface area contributed by atoms with Gasteiger partial charge in [0.15, 0.2) is 0 Å². The van der Waals surface area contributed by atoms with Crippen molar-refractivity contribution in [2.75, 3.05) is 0 Å². The lowest BCUT2D eigenvalue weighted by atomic mass is 10.2. The van der Waals surface area contributed by atoms with E-state index in [2.05, 4.69) is 16.8 Å². The Balaban J connectivity index is 2.55. The van der Waals surface area contributed by atoms with Gasteiger partial charge in [-0.15, -0.1) is 0 Å². The van der Waals surface area contributed by atoms with Gasteiger partial charge in [-0.2, -0.15) is 0 Å². The molecule has 2 heteroatoms. The van der Waals surface area contributed by atoms with Crippen molar-refractivity contribution in [3.63, 3.8) is 0 Å². The van der Waals surface area contributed by atoms with Crippen LogP contribution in [0.3, 0.4) is 0 Å². The first-order valence-corrected chi connectivity index (χ1v) is 3.86. The zero-order chi connectivity index (χ0) is 8.81. The van der Waals surface area contributed by atoms with Gasteiger partial charge >= 0.3 is 0 Å². The summed E-state index contributed by atoms with van der Waals surface area (Å²) in [5.74, 6) is 5.76. The highest BCUT2D eigenvalue weighted by molar-refractivity contribution is 5.30. The molecule has 1 aromatic heterocycles. The minimum atomic E-state index is -0.353. The molecule has 1 atom stereocenters. The van der Waals surface area contributed by atoms with Crippen LogP contribution in [0.4, 0.5) is 0 Å². The molecule has 62 valence electrons. The topological polar surface area (TPSA) is 33.1 Å². The highest BCUT2D eigenvalue weighted by atomic mass is 16.3. The molecule has 0 unspecified atom stereocenters. The lowest BCUT2D eigenvalue weighted by Crippen LogP contribution is -1.95. The minimum absolute atomic E-state index is 0.353. The van der Waals surface area contributed by atoms with Crippen molar-refractivity contribution in [2.24, 2.45) is 0 Å². The van der Waals surface area contributed by atoms with E-state index in [-0.39, 0.29) is 6.10 Å². The van der Waals surface area contributed by atoms with Gasteiger partial charge in [0.2, 0.25) is 0 Å². The van der Waals surface area contributed by atoms with Crippen LogP contribution in [0, 0.1) is 11.8 Å². The molecule has 0 aliphatic carbocycles. The number of hydrogen-bond donors (Lipinski definition) is 1. The number of aromatic nitrogens is 1. The Morgan fingerprint density at radius 2 is 2.50 bits per heavy atom. The molecule has 1 aromatic rings. The Kier molecular flexibility index (Phi) is 3.31. The van der Waals surface area contributed by atoms with Crippen LogP contribution in [-0.2, 0) is 0 Å². The summed E-state index contributed by atoms with van der Waals surface area (Å²) in [4.78, 5) is 3.92. The van der Waals surface area contributed by atoms with Crippen molar-refractivity contribution in [1.82, 2.24) is 4.98 Å². The molecule has 0 saturated carbocycles. The van der Waals surface area contributed by atoms with Crippen molar-refractivity contribution in [3.05, 3.63) is 30.1 Å². The quantitative estimate of drug-likeness (QED) is 0.628. The third-order valence-electron chi connectivity index (χ3n) is 1.29. The van der Waals surface area contributed by atoms with Crippen LogP contribution in [0.2, 0.25) is 0 Å². The van der Waals surface area contributed by atoms with E-state index in [9.17, 15) is 0 Å². The number of nitrogens with zero attached hydrogens (tertiary/aromatic N) is 1. The lowest BCUT2D eigenvalue weighted by Gasteiger charge is -1.92. The van der Waals surface area contributed by atoms with Crippen LogP contribution in [0.15, 0.2) is 24.5 Å². The van der Waals surface area contributed by atoms with Gasteiger partial charge in [0.1, 0.15) is 0 Å². The van der Waals surface area contributed by atoms with Crippen LogP contribution in [0.25, 0.3) is 0 Å². The number of pyridine rings is 1. The first-order chi connectivity index (χ1) is 5.79. The van der Waals surface area contributed by atoms with Gasteiger partial charge < -0.3 is 5.11 Å². The van der Waals surface area contributed by atoms with Gasteiger partial charge in [0, 0.05) is 24.4 Å². The Hall–Kier alpha value is -1.33. The Bertz CT molecular complexity index is 282. The predicted octanol–water partition coefficient (Wildman–Crippen LogP) is 1.20. The average Bonchev–Trinajstić information content (AvgIpc) is 2.05. The van der Waals surface area contributed by atoms with Crippen molar-refractivity contribution < 1.29 is 5.11 Å². The molecule has 0 amide bonds. The average molecular weight is 161 g/mol. The van der Waals surface area contributed by atoms with E-state index in [0.717, 1.165) is 5.56 Å². The molecule has 0 radical (unpaired) electrons. The second-order valence-electron chi connectivity index (χ2n) is 2.60. The maximum Gasteiger partial charge on any atom is 0.0621 e. The van der Waals surface area contributed by atoms with Crippen molar-refractivity contribution in [3.8, 4) is 11.8 Å². The summed E-state index contributed by atoms with van der Waals surface area (Å²) in [5.41, 5.74) is 0.887. The van der Waals surface area contributed by atoms with Crippen LogP contribution >= 0.6 is 0 Å². The van der Waals surface area contributed by atoms with Crippen LogP contribution in [0.1, 0.15) is 18.9 Å².